The van der Waals surface area contributed by atoms with Crippen LogP contribution in [0.3, 0.4) is 0 Å². The van der Waals surface area contributed by atoms with Gasteiger partial charge in [-0.1, -0.05) is 6.07 Å². The predicted molar refractivity (Wildman–Crippen MR) is 72.9 cm³/mol. The van der Waals surface area contributed by atoms with Gasteiger partial charge in [-0.25, -0.2) is 4.98 Å². The van der Waals surface area contributed by atoms with Gasteiger partial charge < -0.3 is 20.2 Å². The van der Waals surface area contributed by atoms with Gasteiger partial charge in [0, 0.05) is 26.1 Å². The number of nitrogens with one attached hydrogen (secondary N) is 1. The summed E-state index contributed by atoms with van der Waals surface area (Å²) in [7, 11) is 0. The van der Waals surface area contributed by atoms with Gasteiger partial charge in [0.2, 0.25) is 0 Å². The second kappa shape index (κ2) is 5.28. The molecule has 2 unspecified atom stereocenters. The number of ether oxygens (including phenoxy) is 1. The van der Waals surface area contributed by atoms with E-state index in [9.17, 15) is 0 Å². The van der Waals surface area contributed by atoms with E-state index >= 15 is 0 Å². The summed E-state index contributed by atoms with van der Waals surface area (Å²) >= 11 is 0. The Morgan fingerprint density at radius 1 is 1.53 bits per heavy atom. The van der Waals surface area contributed by atoms with Crippen molar-refractivity contribution in [3.8, 4) is 0 Å². The summed E-state index contributed by atoms with van der Waals surface area (Å²) < 4.78 is 11.2. The van der Waals surface area contributed by atoms with Crippen molar-refractivity contribution in [2.75, 3.05) is 19.7 Å². The number of morpholine rings is 1. The first-order chi connectivity index (χ1) is 9.22. The normalized spacial score (nSPS) is 21.7. The molecule has 2 aromatic rings. The molecule has 0 aliphatic carbocycles. The number of fused-ring (bicyclic) bond motifs is 1. The monoisotopic (exact) mass is 261 g/mol. The van der Waals surface area contributed by atoms with Crippen LogP contribution in [0.25, 0.3) is 11.1 Å². The third-order valence-corrected chi connectivity index (χ3v) is 3.47. The van der Waals surface area contributed by atoms with Crippen LogP contribution in [-0.2, 0) is 4.74 Å². The van der Waals surface area contributed by atoms with Crippen molar-refractivity contribution < 1.29 is 9.15 Å². The number of nitrogens with zero attached hydrogens (tertiary/aromatic N) is 1. The molecular formula is C14H19N3O2. The van der Waals surface area contributed by atoms with Crippen LogP contribution in [0.1, 0.15) is 23.9 Å². The molecule has 1 aliphatic heterocycles. The quantitative estimate of drug-likeness (QED) is 0.876. The molecule has 102 valence electrons. The first kappa shape index (κ1) is 12.6. The van der Waals surface area contributed by atoms with Gasteiger partial charge in [0.25, 0.3) is 0 Å². The summed E-state index contributed by atoms with van der Waals surface area (Å²) in [6.45, 7) is 4.41. The fraction of sp³-hybridized carbons (Fsp3) is 0.500. The zero-order valence-corrected chi connectivity index (χ0v) is 11.1. The van der Waals surface area contributed by atoms with Gasteiger partial charge in [-0.15, -0.1) is 0 Å². The van der Waals surface area contributed by atoms with Crippen LogP contribution in [0, 0.1) is 6.92 Å². The highest BCUT2D eigenvalue weighted by Gasteiger charge is 2.18. The maximum Gasteiger partial charge on any atom is 0.192 e. The van der Waals surface area contributed by atoms with Crippen molar-refractivity contribution in [2.45, 2.75) is 25.5 Å². The molecule has 0 spiro atoms. The molecule has 1 aromatic heterocycles. The Kier molecular flexibility index (Phi) is 3.50. The van der Waals surface area contributed by atoms with Crippen molar-refractivity contribution in [3.63, 3.8) is 0 Å². The molecule has 0 amide bonds. The van der Waals surface area contributed by atoms with Crippen molar-refractivity contribution in [2.24, 2.45) is 5.73 Å². The standard InChI is InChI=1S/C14H19N3O2/c1-9-17-13-3-2-10(6-14(13)19-9)12(15)7-11-8-16-4-5-18-11/h2-3,6,11-12,16H,4-5,7-8,15H2,1H3. The van der Waals surface area contributed by atoms with Gasteiger partial charge >= 0.3 is 0 Å². The molecule has 1 saturated heterocycles. The number of rotatable bonds is 3. The Labute approximate surface area is 112 Å². The van der Waals surface area contributed by atoms with Gasteiger partial charge in [0.15, 0.2) is 11.5 Å². The van der Waals surface area contributed by atoms with Crippen LogP contribution in [0.15, 0.2) is 22.6 Å². The Bertz CT molecular complexity index is 561. The van der Waals surface area contributed by atoms with E-state index in [1.54, 1.807) is 0 Å². The molecule has 19 heavy (non-hydrogen) atoms. The van der Waals surface area contributed by atoms with Crippen molar-refractivity contribution in [1.82, 2.24) is 10.3 Å². The second-order valence-corrected chi connectivity index (χ2v) is 5.00. The lowest BCUT2D eigenvalue weighted by molar-refractivity contribution is 0.0195. The molecule has 3 rings (SSSR count). The smallest absolute Gasteiger partial charge is 0.192 e. The molecule has 2 heterocycles. The number of oxazole rings is 1. The minimum absolute atomic E-state index is 0.0419. The fourth-order valence-corrected chi connectivity index (χ4v) is 2.48. The molecule has 1 aliphatic rings. The van der Waals surface area contributed by atoms with Crippen LogP contribution in [0.2, 0.25) is 0 Å². The van der Waals surface area contributed by atoms with Gasteiger partial charge in [-0.2, -0.15) is 0 Å². The lowest BCUT2D eigenvalue weighted by Crippen LogP contribution is -2.40. The summed E-state index contributed by atoms with van der Waals surface area (Å²) in [5.74, 6) is 0.681. The number of nitrogens with two attached hydrogens (primary N) is 1. The minimum atomic E-state index is -0.0419. The summed E-state index contributed by atoms with van der Waals surface area (Å²) in [6.07, 6.45) is 1.00. The first-order valence-corrected chi connectivity index (χ1v) is 6.67. The molecule has 0 radical (unpaired) electrons. The molecular weight excluding hydrogens is 242 g/mol. The van der Waals surface area contributed by atoms with E-state index in [1.165, 1.54) is 0 Å². The van der Waals surface area contributed by atoms with E-state index in [0.29, 0.717) is 5.89 Å². The molecule has 2 atom stereocenters. The van der Waals surface area contributed by atoms with Crippen LogP contribution in [0.5, 0.6) is 0 Å². The van der Waals surface area contributed by atoms with Crippen LogP contribution in [0.4, 0.5) is 0 Å². The van der Waals surface area contributed by atoms with Crippen molar-refractivity contribution in [3.05, 3.63) is 29.7 Å². The SMILES string of the molecule is Cc1nc2ccc(C(N)CC3CNCCO3)cc2o1. The molecule has 3 N–H and O–H groups in total. The predicted octanol–water partition coefficient (Wildman–Crippen LogP) is 1.51. The zero-order valence-electron chi connectivity index (χ0n) is 11.1. The lowest BCUT2D eigenvalue weighted by Gasteiger charge is -2.26. The molecule has 1 fully saturated rings. The highest BCUT2D eigenvalue weighted by Crippen LogP contribution is 2.23. The Hall–Kier alpha value is -1.43. The Balaban J connectivity index is 1.74. The van der Waals surface area contributed by atoms with Crippen molar-refractivity contribution in [1.29, 1.82) is 0 Å². The summed E-state index contributed by atoms with van der Waals surface area (Å²) in [4.78, 5) is 4.29. The number of aromatic nitrogens is 1. The molecule has 1 aromatic carbocycles. The van der Waals surface area contributed by atoms with Crippen LogP contribution in [-0.4, -0.2) is 30.8 Å². The topological polar surface area (TPSA) is 73.3 Å². The summed E-state index contributed by atoms with van der Waals surface area (Å²) in [5.41, 5.74) is 9.00. The maximum absolute atomic E-state index is 6.25. The number of aryl methyl sites for hydroxylation is 1. The van der Waals surface area contributed by atoms with Gasteiger partial charge in [-0.3, -0.25) is 0 Å². The fourth-order valence-electron chi connectivity index (χ4n) is 2.48. The van der Waals surface area contributed by atoms with Gasteiger partial charge in [0.05, 0.1) is 12.7 Å². The number of benzene rings is 1. The van der Waals surface area contributed by atoms with Crippen molar-refractivity contribution >= 4 is 11.1 Å². The lowest BCUT2D eigenvalue weighted by atomic mass is 10.0. The molecule has 5 heteroatoms. The Morgan fingerprint density at radius 2 is 2.42 bits per heavy atom. The van der Waals surface area contributed by atoms with E-state index in [0.717, 1.165) is 42.8 Å². The summed E-state index contributed by atoms with van der Waals surface area (Å²) in [6, 6.07) is 5.92. The van der Waals surface area contributed by atoms with Crippen LogP contribution < -0.4 is 11.1 Å². The zero-order chi connectivity index (χ0) is 13.2. The van der Waals surface area contributed by atoms with Gasteiger partial charge in [-0.05, 0) is 24.1 Å². The van der Waals surface area contributed by atoms with Crippen LogP contribution >= 0.6 is 0 Å². The average Bonchev–Trinajstić information content (AvgIpc) is 2.78. The highest BCUT2D eigenvalue weighted by atomic mass is 16.5. The molecule has 5 nitrogen and oxygen atoms in total. The molecule has 0 saturated carbocycles. The largest absolute Gasteiger partial charge is 0.441 e. The van der Waals surface area contributed by atoms with E-state index in [1.807, 2.05) is 25.1 Å². The highest BCUT2D eigenvalue weighted by molar-refractivity contribution is 5.73. The van der Waals surface area contributed by atoms with Gasteiger partial charge in [0.1, 0.15) is 5.52 Å². The summed E-state index contributed by atoms with van der Waals surface area (Å²) in [5, 5.41) is 3.32. The van der Waals surface area contributed by atoms with E-state index < -0.39 is 0 Å². The first-order valence-electron chi connectivity index (χ1n) is 6.67. The number of hydrogen-bond acceptors (Lipinski definition) is 5. The third-order valence-electron chi connectivity index (χ3n) is 3.47. The minimum Gasteiger partial charge on any atom is -0.441 e. The third kappa shape index (κ3) is 2.78. The average molecular weight is 261 g/mol. The maximum atomic E-state index is 6.25. The second-order valence-electron chi connectivity index (χ2n) is 5.00. The van der Waals surface area contributed by atoms with E-state index in [4.69, 9.17) is 14.9 Å². The number of hydrogen-bond donors (Lipinski definition) is 2. The Morgan fingerprint density at radius 3 is 3.21 bits per heavy atom. The van der Waals surface area contributed by atoms with E-state index in [-0.39, 0.29) is 12.1 Å². The molecule has 0 bridgehead atoms. The van der Waals surface area contributed by atoms with E-state index in [2.05, 4.69) is 10.3 Å².